The second-order valence-corrected chi connectivity index (χ2v) is 8.32. The van der Waals surface area contributed by atoms with Crippen LogP contribution in [0.15, 0.2) is 58.8 Å². The van der Waals surface area contributed by atoms with Crippen LogP contribution in [-0.4, -0.2) is 23.3 Å². The van der Waals surface area contributed by atoms with E-state index in [1.54, 1.807) is 0 Å². The van der Waals surface area contributed by atoms with Crippen molar-refractivity contribution >= 4 is 34.1 Å². The van der Waals surface area contributed by atoms with Gasteiger partial charge in [-0.1, -0.05) is 31.0 Å². The van der Waals surface area contributed by atoms with Gasteiger partial charge in [0.15, 0.2) is 5.13 Å². The molecule has 1 amide bonds. The Morgan fingerprint density at radius 2 is 1.89 bits per heavy atom. The zero-order chi connectivity index (χ0) is 19.8. The Morgan fingerprint density at radius 1 is 1.14 bits per heavy atom. The number of nitrogens with zero attached hydrogens (tertiary/aromatic N) is 1. The maximum absolute atomic E-state index is 12.2. The quantitative estimate of drug-likeness (QED) is 0.344. The van der Waals surface area contributed by atoms with Crippen LogP contribution in [0, 0.1) is 6.92 Å². The molecule has 0 aliphatic carbocycles. The molecule has 2 aromatic carbocycles. The lowest BCUT2D eigenvalue weighted by Gasteiger charge is -2.05. The second-order valence-electron chi connectivity index (χ2n) is 6.41. The molecule has 0 atom stereocenters. The van der Waals surface area contributed by atoms with E-state index in [-0.39, 0.29) is 5.91 Å². The highest BCUT2D eigenvalue weighted by Crippen LogP contribution is 2.27. The first-order chi connectivity index (χ1) is 13.6. The van der Waals surface area contributed by atoms with Gasteiger partial charge < -0.3 is 10.1 Å². The molecule has 0 unspecified atom stereocenters. The zero-order valence-electron chi connectivity index (χ0n) is 16.1. The molecule has 1 N–H and O–H groups in total. The average molecular weight is 413 g/mol. The van der Waals surface area contributed by atoms with Crippen molar-refractivity contribution in [3.05, 3.63) is 59.5 Å². The van der Waals surface area contributed by atoms with Crippen molar-refractivity contribution in [1.82, 2.24) is 4.98 Å². The smallest absolute Gasteiger partial charge is 0.236 e. The summed E-state index contributed by atoms with van der Waals surface area (Å²) in [5.41, 5.74) is 3.07. The normalized spacial score (nSPS) is 10.6. The van der Waals surface area contributed by atoms with E-state index in [0.29, 0.717) is 10.9 Å². The number of thiazole rings is 1. The summed E-state index contributed by atoms with van der Waals surface area (Å²) in [5.74, 6) is 1.18. The molecular formula is C22H24N2O2S2. The molecule has 1 aromatic heterocycles. The van der Waals surface area contributed by atoms with Gasteiger partial charge in [0.25, 0.3) is 0 Å². The maximum atomic E-state index is 12.2. The minimum Gasteiger partial charge on any atom is -0.494 e. The lowest BCUT2D eigenvalue weighted by molar-refractivity contribution is -0.113. The Labute approximate surface area is 174 Å². The van der Waals surface area contributed by atoms with E-state index in [9.17, 15) is 4.79 Å². The summed E-state index contributed by atoms with van der Waals surface area (Å²) in [6, 6.07) is 16.1. The second kappa shape index (κ2) is 10.3. The number of thioether (sulfide) groups is 1. The van der Waals surface area contributed by atoms with E-state index in [2.05, 4.69) is 17.2 Å². The Hall–Kier alpha value is -2.31. The standard InChI is InChI=1S/C22H24N2O2S2/c1-3-4-13-26-18-9-7-17(8-10-18)20-14-28-22(23-20)24-21(25)15-27-19-11-5-16(2)6-12-19/h5-12,14H,3-4,13,15H2,1-2H3,(H,23,24,25). The minimum atomic E-state index is -0.0499. The van der Waals surface area contributed by atoms with Crippen molar-refractivity contribution < 1.29 is 9.53 Å². The molecule has 0 radical (unpaired) electrons. The van der Waals surface area contributed by atoms with E-state index < -0.39 is 0 Å². The molecule has 0 aliphatic heterocycles. The van der Waals surface area contributed by atoms with Gasteiger partial charge in [-0.2, -0.15) is 0 Å². The average Bonchev–Trinajstić information content (AvgIpc) is 3.17. The largest absolute Gasteiger partial charge is 0.494 e. The monoisotopic (exact) mass is 412 g/mol. The molecule has 0 aliphatic rings. The molecule has 1 heterocycles. The first-order valence-corrected chi connectivity index (χ1v) is 11.2. The van der Waals surface area contributed by atoms with E-state index in [0.717, 1.165) is 41.4 Å². The predicted molar refractivity (Wildman–Crippen MR) is 118 cm³/mol. The highest BCUT2D eigenvalue weighted by atomic mass is 32.2. The van der Waals surface area contributed by atoms with Crippen molar-refractivity contribution in [1.29, 1.82) is 0 Å². The SMILES string of the molecule is CCCCOc1ccc(-c2csc(NC(=O)CSc3ccc(C)cc3)n2)cc1. The van der Waals surface area contributed by atoms with Gasteiger partial charge in [0, 0.05) is 15.8 Å². The number of anilines is 1. The van der Waals surface area contributed by atoms with Crippen LogP contribution in [0.2, 0.25) is 0 Å². The van der Waals surface area contributed by atoms with Crippen molar-refractivity contribution in [2.45, 2.75) is 31.6 Å². The fourth-order valence-corrected chi connectivity index (χ4v) is 3.89. The molecular weight excluding hydrogens is 388 g/mol. The van der Waals surface area contributed by atoms with Gasteiger partial charge in [0.2, 0.25) is 5.91 Å². The van der Waals surface area contributed by atoms with Crippen LogP contribution in [-0.2, 0) is 4.79 Å². The molecule has 0 fully saturated rings. The Bertz CT molecular complexity index is 890. The van der Waals surface area contributed by atoms with Crippen molar-refractivity contribution in [3.8, 4) is 17.0 Å². The Kier molecular flexibility index (Phi) is 7.51. The molecule has 146 valence electrons. The van der Waals surface area contributed by atoms with Crippen LogP contribution in [0.3, 0.4) is 0 Å². The minimum absolute atomic E-state index is 0.0499. The number of hydrogen-bond acceptors (Lipinski definition) is 5. The van der Waals surface area contributed by atoms with Crippen LogP contribution in [0.1, 0.15) is 25.3 Å². The number of nitrogens with one attached hydrogen (secondary N) is 1. The van der Waals surface area contributed by atoms with Crippen molar-refractivity contribution in [3.63, 3.8) is 0 Å². The number of aromatic nitrogens is 1. The van der Waals surface area contributed by atoms with Crippen molar-refractivity contribution in [2.24, 2.45) is 0 Å². The fraction of sp³-hybridized carbons (Fsp3) is 0.273. The van der Waals surface area contributed by atoms with Crippen molar-refractivity contribution in [2.75, 3.05) is 17.7 Å². The molecule has 6 heteroatoms. The molecule has 0 spiro atoms. The zero-order valence-corrected chi connectivity index (χ0v) is 17.7. The number of ether oxygens (including phenoxy) is 1. The Morgan fingerprint density at radius 3 is 2.61 bits per heavy atom. The predicted octanol–water partition coefficient (Wildman–Crippen LogP) is 6.03. The number of rotatable bonds is 9. The first-order valence-electron chi connectivity index (χ1n) is 9.32. The van der Waals surface area contributed by atoms with Crippen LogP contribution in [0.25, 0.3) is 11.3 Å². The Balaban J connectivity index is 1.51. The molecule has 0 saturated carbocycles. The molecule has 28 heavy (non-hydrogen) atoms. The highest BCUT2D eigenvalue weighted by molar-refractivity contribution is 8.00. The fourth-order valence-electron chi connectivity index (χ4n) is 2.46. The number of amides is 1. The van der Waals surface area contributed by atoms with Crippen LogP contribution in [0.4, 0.5) is 5.13 Å². The van der Waals surface area contributed by atoms with E-state index in [1.807, 2.05) is 60.8 Å². The number of hydrogen-bond donors (Lipinski definition) is 1. The van der Waals surface area contributed by atoms with E-state index >= 15 is 0 Å². The van der Waals surface area contributed by atoms with Gasteiger partial charge in [0.1, 0.15) is 5.75 Å². The van der Waals surface area contributed by atoms with Gasteiger partial charge in [-0.15, -0.1) is 23.1 Å². The third-order valence-electron chi connectivity index (χ3n) is 4.06. The summed E-state index contributed by atoms with van der Waals surface area (Å²) in [6.07, 6.45) is 2.17. The van der Waals surface area contributed by atoms with Gasteiger partial charge in [0.05, 0.1) is 18.1 Å². The number of aryl methyl sites for hydroxylation is 1. The summed E-state index contributed by atoms with van der Waals surface area (Å²) in [5, 5.41) is 5.45. The van der Waals surface area contributed by atoms with Gasteiger partial charge in [-0.25, -0.2) is 4.98 Å². The van der Waals surface area contributed by atoms with Gasteiger partial charge in [-0.05, 0) is 49.7 Å². The molecule has 4 nitrogen and oxygen atoms in total. The summed E-state index contributed by atoms with van der Waals surface area (Å²) in [4.78, 5) is 17.8. The summed E-state index contributed by atoms with van der Waals surface area (Å²) in [6.45, 7) is 4.93. The van der Waals surface area contributed by atoms with Crippen LogP contribution in [0.5, 0.6) is 5.75 Å². The number of benzene rings is 2. The van der Waals surface area contributed by atoms with Gasteiger partial charge in [-0.3, -0.25) is 4.79 Å². The maximum Gasteiger partial charge on any atom is 0.236 e. The lowest BCUT2D eigenvalue weighted by Crippen LogP contribution is -2.13. The molecule has 0 saturated heterocycles. The first kappa shape index (κ1) is 20.4. The summed E-state index contributed by atoms with van der Waals surface area (Å²) >= 11 is 2.95. The highest BCUT2D eigenvalue weighted by Gasteiger charge is 2.09. The third-order valence-corrected chi connectivity index (χ3v) is 5.83. The number of carbonyl (C=O) groups is 1. The topological polar surface area (TPSA) is 51.2 Å². The molecule has 3 aromatic rings. The number of unbranched alkanes of at least 4 members (excludes halogenated alkanes) is 1. The van der Waals surface area contributed by atoms with E-state index in [1.165, 1.54) is 28.7 Å². The van der Waals surface area contributed by atoms with E-state index in [4.69, 9.17) is 4.74 Å². The molecule has 3 rings (SSSR count). The number of carbonyl (C=O) groups excluding carboxylic acids is 1. The molecule has 0 bridgehead atoms. The lowest BCUT2D eigenvalue weighted by atomic mass is 10.2. The van der Waals surface area contributed by atoms with Gasteiger partial charge >= 0.3 is 0 Å². The summed E-state index contributed by atoms with van der Waals surface area (Å²) in [7, 11) is 0. The van der Waals surface area contributed by atoms with Crippen LogP contribution >= 0.6 is 23.1 Å². The summed E-state index contributed by atoms with van der Waals surface area (Å²) < 4.78 is 5.69. The van der Waals surface area contributed by atoms with Crippen LogP contribution < -0.4 is 10.1 Å². The third kappa shape index (κ3) is 6.11.